The van der Waals surface area contributed by atoms with Crippen molar-refractivity contribution in [2.24, 2.45) is 0 Å². The molecule has 2 aromatic carbocycles. The van der Waals surface area contributed by atoms with Crippen LogP contribution in [0.2, 0.25) is 10.0 Å². The highest BCUT2D eigenvalue weighted by atomic mass is 35.5. The summed E-state index contributed by atoms with van der Waals surface area (Å²) in [6, 6.07) is 7.58. The number of hydrogen-bond acceptors (Lipinski definition) is 3. The summed E-state index contributed by atoms with van der Waals surface area (Å²) >= 11 is 12.1. The average molecular weight is 368 g/mol. The van der Waals surface area contributed by atoms with Crippen molar-refractivity contribution in [3.63, 3.8) is 0 Å². The Labute approximate surface area is 149 Å². The normalized spacial score (nSPS) is 10.3. The van der Waals surface area contributed by atoms with Crippen LogP contribution < -0.4 is 10.1 Å². The number of rotatable bonds is 5. The van der Waals surface area contributed by atoms with Gasteiger partial charge < -0.3 is 15.2 Å². The van der Waals surface area contributed by atoms with E-state index >= 15 is 0 Å². The molecule has 0 bridgehead atoms. The molecule has 0 aromatic heterocycles. The fraction of sp³-hybridized carbons (Fsp3) is 0.176. The molecule has 24 heavy (non-hydrogen) atoms. The van der Waals surface area contributed by atoms with E-state index in [1.165, 1.54) is 18.2 Å². The molecular weight excluding hydrogens is 353 g/mol. The highest BCUT2D eigenvalue weighted by Crippen LogP contribution is 2.33. The number of amides is 1. The van der Waals surface area contributed by atoms with Crippen LogP contribution in [0.4, 0.5) is 5.69 Å². The molecule has 1 amide bonds. The average Bonchev–Trinajstić information content (AvgIpc) is 2.51. The van der Waals surface area contributed by atoms with Crippen LogP contribution in [0.25, 0.3) is 0 Å². The van der Waals surface area contributed by atoms with E-state index in [0.29, 0.717) is 22.9 Å². The number of benzene rings is 2. The van der Waals surface area contributed by atoms with Gasteiger partial charge in [0, 0.05) is 10.7 Å². The van der Waals surface area contributed by atoms with Gasteiger partial charge in [-0.15, -0.1) is 0 Å². The first-order valence-electron chi connectivity index (χ1n) is 7.11. The minimum atomic E-state index is -1.07. The van der Waals surface area contributed by atoms with Crippen molar-refractivity contribution in [2.75, 3.05) is 11.9 Å². The Morgan fingerprint density at radius 2 is 1.92 bits per heavy atom. The van der Waals surface area contributed by atoms with E-state index < -0.39 is 11.9 Å². The van der Waals surface area contributed by atoms with Gasteiger partial charge in [-0.05, 0) is 43.7 Å². The lowest BCUT2D eigenvalue weighted by Crippen LogP contribution is -2.15. The molecule has 0 fully saturated rings. The number of carboxylic acid groups (broad SMARTS) is 1. The van der Waals surface area contributed by atoms with E-state index in [4.69, 9.17) is 33.0 Å². The van der Waals surface area contributed by atoms with Gasteiger partial charge in [0.05, 0.1) is 22.8 Å². The van der Waals surface area contributed by atoms with Crippen LogP contribution in [-0.2, 0) is 0 Å². The number of carbonyl (C=O) groups excluding carboxylic acids is 1. The smallest absolute Gasteiger partial charge is 0.336 e. The van der Waals surface area contributed by atoms with E-state index in [9.17, 15) is 9.59 Å². The maximum atomic E-state index is 12.6. The second-order valence-electron chi connectivity index (χ2n) is 4.93. The van der Waals surface area contributed by atoms with Gasteiger partial charge in [-0.1, -0.05) is 29.3 Å². The Kier molecular flexibility index (Phi) is 5.70. The number of aromatic carboxylic acids is 1. The van der Waals surface area contributed by atoms with Gasteiger partial charge in [0.15, 0.2) is 5.75 Å². The summed E-state index contributed by atoms with van der Waals surface area (Å²) in [5.74, 6) is -1.33. The van der Waals surface area contributed by atoms with Crippen LogP contribution in [-0.4, -0.2) is 23.6 Å². The molecule has 0 saturated carbocycles. The maximum Gasteiger partial charge on any atom is 0.336 e. The Morgan fingerprint density at radius 1 is 1.21 bits per heavy atom. The van der Waals surface area contributed by atoms with E-state index in [1.54, 1.807) is 26.0 Å². The number of carboxylic acids is 1. The topological polar surface area (TPSA) is 75.6 Å². The molecule has 7 heteroatoms. The molecule has 0 aliphatic heterocycles. The third-order valence-electron chi connectivity index (χ3n) is 3.35. The van der Waals surface area contributed by atoms with Gasteiger partial charge in [0.2, 0.25) is 0 Å². The Bertz CT molecular complexity index is 805. The summed E-state index contributed by atoms with van der Waals surface area (Å²) in [6.07, 6.45) is 0. The number of halogens is 2. The second-order valence-corrected chi connectivity index (χ2v) is 5.78. The molecule has 0 spiro atoms. The summed E-state index contributed by atoms with van der Waals surface area (Å²) in [5, 5.41) is 12.4. The number of hydrogen-bond donors (Lipinski definition) is 2. The van der Waals surface area contributed by atoms with Crippen molar-refractivity contribution in [1.29, 1.82) is 0 Å². The van der Waals surface area contributed by atoms with Gasteiger partial charge in [0.1, 0.15) is 0 Å². The zero-order chi connectivity index (χ0) is 17.9. The van der Waals surface area contributed by atoms with E-state index in [0.717, 1.165) is 0 Å². The lowest BCUT2D eigenvalue weighted by atomic mass is 10.1. The van der Waals surface area contributed by atoms with Gasteiger partial charge >= 0.3 is 5.97 Å². The molecule has 0 aliphatic carbocycles. The molecule has 0 heterocycles. The summed E-state index contributed by atoms with van der Waals surface area (Å²) in [5.41, 5.74) is 1.12. The van der Waals surface area contributed by atoms with Crippen molar-refractivity contribution in [2.45, 2.75) is 13.8 Å². The van der Waals surface area contributed by atoms with Crippen LogP contribution in [0.5, 0.6) is 5.75 Å². The Morgan fingerprint density at radius 3 is 2.54 bits per heavy atom. The summed E-state index contributed by atoms with van der Waals surface area (Å²) in [4.78, 5) is 23.8. The van der Waals surface area contributed by atoms with E-state index in [-0.39, 0.29) is 21.9 Å². The summed E-state index contributed by atoms with van der Waals surface area (Å²) in [7, 11) is 0. The number of ether oxygens (including phenoxy) is 1. The van der Waals surface area contributed by atoms with Gasteiger partial charge in [0.25, 0.3) is 5.91 Å². The number of nitrogens with one attached hydrogen (secondary N) is 1. The second kappa shape index (κ2) is 7.55. The largest absolute Gasteiger partial charge is 0.491 e. The first kappa shape index (κ1) is 18.1. The van der Waals surface area contributed by atoms with Crippen molar-refractivity contribution in [1.82, 2.24) is 0 Å². The monoisotopic (exact) mass is 367 g/mol. The number of anilines is 1. The highest BCUT2D eigenvalue weighted by molar-refractivity contribution is 6.36. The first-order chi connectivity index (χ1) is 11.3. The third-order valence-corrected chi connectivity index (χ3v) is 3.85. The zero-order valence-corrected chi connectivity index (χ0v) is 14.5. The van der Waals surface area contributed by atoms with Crippen molar-refractivity contribution < 1.29 is 19.4 Å². The molecule has 5 nitrogen and oxygen atoms in total. The SMILES string of the molecule is CCOc1c(Cl)cc(Cl)cc1C(=O)Nc1cccc(C(=O)O)c1C. The Hall–Kier alpha value is -2.24. The number of carbonyl (C=O) groups is 2. The molecule has 0 atom stereocenters. The van der Waals surface area contributed by atoms with Gasteiger partial charge in [-0.3, -0.25) is 4.79 Å². The van der Waals surface area contributed by atoms with Crippen LogP contribution >= 0.6 is 23.2 Å². The van der Waals surface area contributed by atoms with E-state index in [1.807, 2.05) is 0 Å². The lowest BCUT2D eigenvalue weighted by molar-refractivity contribution is 0.0695. The summed E-state index contributed by atoms with van der Waals surface area (Å²) in [6.45, 7) is 3.72. The molecular formula is C17H15Cl2NO4. The predicted molar refractivity (Wildman–Crippen MR) is 93.7 cm³/mol. The fourth-order valence-electron chi connectivity index (χ4n) is 2.21. The van der Waals surface area contributed by atoms with Crippen LogP contribution in [0.3, 0.4) is 0 Å². The standard InChI is InChI=1S/C17H15Cl2NO4/c1-3-24-15-12(7-10(18)8-13(15)19)16(21)20-14-6-4-5-11(9(14)2)17(22)23/h4-8H,3H2,1-2H3,(H,20,21)(H,22,23). The van der Waals surface area contributed by atoms with E-state index in [2.05, 4.69) is 5.32 Å². The van der Waals surface area contributed by atoms with Crippen LogP contribution in [0.1, 0.15) is 33.2 Å². The summed E-state index contributed by atoms with van der Waals surface area (Å²) < 4.78 is 5.43. The quantitative estimate of drug-likeness (QED) is 0.806. The predicted octanol–water partition coefficient (Wildman–Crippen LogP) is 4.65. The molecule has 0 saturated heterocycles. The molecule has 0 aliphatic rings. The minimum absolute atomic E-state index is 0.113. The lowest BCUT2D eigenvalue weighted by Gasteiger charge is -2.14. The van der Waals surface area contributed by atoms with Crippen molar-refractivity contribution in [3.8, 4) is 5.75 Å². The molecule has 126 valence electrons. The van der Waals surface area contributed by atoms with Gasteiger partial charge in [-0.25, -0.2) is 4.79 Å². The van der Waals surface area contributed by atoms with Crippen molar-refractivity contribution >= 4 is 40.8 Å². The molecule has 0 radical (unpaired) electrons. The van der Waals surface area contributed by atoms with Crippen molar-refractivity contribution in [3.05, 3.63) is 57.1 Å². The minimum Gasteiger partial charge on any atom is -0.491 e. The third kappa shape index (κ3) is 3.80. The molecule has 2 rings (SSSR count). The molecule has 2 aromatic rings. The first-order valence-corrected chi connectivity index (χ1v) is 7.86. The van der Waals surface area contributed by atoms with Crippen LogP contribution in [0.15, 0.2) is 30.3 Å². The maximum absolute atomic E-state index is 12.6. The fourth-order valence-corrected chi connectivity index (χ4v) is 2.76. The van der Waals surface area contributed by atoms with Gasteiger partial charge in [-0.2, -0.15) is 0 Å². The molecule has 0 unspecified atom stereocenters. The van der Waals surface area contributed by atoms with Crippen LogP contribution in [0, 0.1) is 6.92 Å². The molecule has 2 N–H and O–H groups in total. The Balaban J connectivity index is 2.41. The zero-order valence-electron chi connectivity index (χ0n) is 13.0. The highest BCUT2D eigenvalue weighted by Gasteiger charge is 2.19.